The van der Waals surface area contributed by atoms with Crippen molar-refractivity contribution in [1.29, 1.82) is 0 Å². The molecule has 0 amide bonds. The van der Waals surface area contributed by atoms with Crippen LogP contribution in [-0.4, -0.2) is 28.2 Å². The van der Waals surface area contributed by atoms with Gasteiger partial charge in [0, 0.05) is 22.7 Å². The highest BCUT2D eigenvalue weighted by Gasteiger charge is 2.97. The summed E-state index contributed by atoms with van der Waals surface area (Å²) in [6.45, 7) is 8.19. The van der Waals surface area contributed by atoms with E-state index in [4.69, 9.17) is 0 Å². The number of carbonyl (C=O) groups excluding carboxylic acids is 1. The van der Waals surface area contributed by atoms with Crippen LogP contribution in [0.5, 0.6) is 0 Å². The maximum absolute atomic E-state index is 12.4. The second kappa shape index (κ2) is 2.45. The SMILES string of the molecule is CC1(C)C(=O)CC[C@]2(C)[C@H]3C4[C@@H](O)[C@]12[C@H](O)[C@@]43C. The van der Waals surface area contributed by atoms with E-state index in [9.17, 15) is 15.0 Å². The summed E-state index contributed by atoms with van der Waals surface area (Å²) in [6, 6.07) is 0. The van der Waals surface area contributed by atoms with E-state index in [0.717, 1.165) is 6.42 Å². The minimum atomic E-state index is -0.612. The number of carbonyl (C=O) groups is 1. The zero-order chi connectivity index (χ0) is 13.3. The summed E-state index contributed by atoms with van der Waals surface area (Å²) < 4.78 is 0. The Balaban J connectivity index is 2.03. The van der Waals surface area contributed by atoms with Crippen LogP contribution in [0.2, 0.25) is 0 Å². The highest BCUT2D eigenvalue weighted by molar-refractivity contribution is 5.87. The van der Waals surface area contributed by atoms with Crippen LogP contribution < -0.4 is 0 Å². The highest BCUT2D eigenvalue weighted by atomic mass is 16.3. The topological polar surface area (TPSA) is 57.5 Å². The predicted octanol–water partition coefficient (Wildman–Crippen LogP) is 1.37. The lowest BCUT2D eigenvalue weighted by molar-refractivity contribution is -0.183. The molecule has 5 saturated carbocycles. The van der Waals surface area contributed by atoms with E-state index in [1.807, 2.05) is 13.8 Å². The molecule has 3 nitrogen and oxygen atoms in total. The van der Waals surface area contributed by atoms with Gasteiger partial charge in [-0.2, -0.15) is 0 Å². The van der Waals surface area contributed by atoms with Gasteiger partial charge in [0.2, 0.25) is 0 Å². The van der Waals surface area contributed by atoms with E-state index < -0.39 is 23.0 Å². The molecular formula is C15H22O3. The van der Waals surface area contributed by atoms with Crippen LogP contribution >= 0.6 is 0 Å². The van der Waals surface area contributed by atoms with Crippen LogP contribution in [0.1, 0.15) is 40.5 Å². The normalized spacial score (nSPS) is 67.1. The Labute approximate surface area is 108 Å². The molecule has 0 saturated heterocycles. The largest absolute Gasteiger partial charge is 0.392 e. The van der Waals surface area contributed by atoms with Crippen LogP contribution in [0.15, 0.2) is 0 Å². The first-order valence-corrected chi connectivity index (χ1v) is 7.08. The maximum atomic E-state index is 12.4. The van der Waals surface area contributed by atoms with Crippen molar-refractivity contribution in [1.82, 2.24) is 0 Å². The standard InChI is InChI=1S/C15H22O3/c1-12(2)7(16)5-6-13(3)9-8-10(17)15(12,13)11(18)14(8,9)4/h8-11,17-18H,5-6H2,1-4H3/t8?,9-,10-,11-,13-,14+,15+/m1/s1. The Morgan fingerprint density at radius 1 is 1.17 bits per heavy atom. The molecule has 0 aromatic heterocycles. The van der Waals surface area contributed by atoms with Crippen LogP contribution in [0.4, 0.5) is 0 Å². The number of hydrogen-bond acceptors (Lipinski definition) is 3. The predicted molar refractivity (Wildman–Crippen MR) is 65.7 cm³/mol. The van der Waals surface area contributed by atoms with Gasteiger partial charge in [0.05, 0.1) is 12.2 Å². The molecule has 100 valence electrons. The third kappa shape index (κ3) is 0.648. The molecule has 0 aliphatic heterocycles. The maximum Gasteiger partial charge on any atom is 0.139 e. The lowest BCUT2D eigenvalue weighted by Crippen LogP contribution is -2.61. The lowest BCUT2D eigenvalue weighted by Gasteiger charge is -2.56. The molecule has 1 spiro atoms. The molecule has 5 rings (SSSR count). The summed E-state index contributed by atoms with van der Waals surface area (Å²) in [5, 5.41) is 21.6. The molecule has 1 unspecified atom stereocenters. The van der Waals surface area contributed by atoms with Gasteiger partial charge in [0.1, 0.15) is 5.78 Å². The number of Topliss-reactive ketones (excluding diaryl/α,β-unsaturated/α-hetero) is 1. The van der Waals surface area contributed by atoms with Crippen molar-refractivity contribution in [3.05, 3.63) is 0 Å². The van der Waals surface area contributed by atoms with Gasteiger partial charge in [0.15, 0.2) is 0 Å². The quantitative estimate of drug-likeness (QED) is 0.682. The second-order valence-corrected chi connectivity index (χ2v) is 8.05. The monoisotopic (exact) mass is 250 g/mol. The molecule has 0 aromatic rings. The fourth-order valence-electron chi connectivity index (χ4n) is 7.07. The number of hydrogen-bond donors (Lipinski definition) is 2. The fraction of sp³-hybridized carbons (Fsp3) is 0.933. The molecule has 18 heavy (non-hydrogen) atoms. The van der Waals surface area contributed by atoms with Gasteiger partial charge >= 0.3 is 0 Å². The third-order valence-electron chi connectivity index (χ3n) is 7.70. The van der Waals surface area contributed by atoms with E-state index in [0.29, 0.717) is 12.3 Å². The first-order valence-electron chi connectivity index (χ1n) is 7.08. The van der Waals surface area contributed by atoms with Crippen LogP contribution in [0, 0.1) is 33.5 Å². The molecule has 3 heteroatoms. The average molecular weight is 250 g/mol. The molecule has 5 fully saturated rings. The van der Waals surface area contributed by atoms with Crippen molar-refractivity contribution in [3.8, 4) is 0 Å². The molecule has 0 heterocycles. The molecule has 4 bridgehead atoms. The molecule has 0 radical (unpaired) electrons. The van der Waals surface area contributed by atoms with Gasteiger partial charge < -0.3 is 10.2 Å². The van der Waals surface area contributed by atoms with E-state index >= 15 is 0 Å². The van der Waals surface area contributed by atoms with E-state index in [2.05, 4.69) is 13.8 Å². The Bertz CT molecular complexity index is 484. The third-order valence-corrected chi connectivity index (χ3v) is 7.70. The first-order chi connectivity index (χ1) is 8.18. The van der Waals surface area contributed by atoms with E-state index in [1.54, 1.807) is 0 Å². The van der Waals surface area contributed by atoms with Crippen molar-refractivity contribution < 1.29 is 15.0 Å². The zero-order valence-electron chi connectivity index (χ0n) is 11.5. The Kier molecular flexibility index (Phi) is 1.55. The first kappa shape index (κ1) is 11.4. The minimum absolute atomic E-state index is 0.0668. The molecule has 5 aliphatic carbocycles. The van der Waals surface area contributed by atoms with E-state index in [1.165, 1.54) is 0 Å². The van der Waals surface area contributed by atoms with Gasteiger partial charge in [-0.05, 0) is 23.7 Å². The van der Waals surface area contributed by atoms with Gasteiger partial charge in [-0.3, -0.25) is 4.79 Å². The van der Waals surface area contributed by atoms with E-state index in [-0.39, 0.29) is 22.5 Å². The van der Waals surface area contributed by atoms with Gasteiger partial charge in [0.25, 0.3) is 0 Å². The Hall–Kier alpha value is -0.410. The van der Waals surface area contributed by atoms with Gasteiger partial charge in [-0.15, -0.1) is 0 Å². The minimum Gasteiger partial charge on any atom is -0.392 e. The highest BCUT2D eigenvalue weighted by Crippen LogP contribution is 2.93. The molecule has 7 atom stereocenters. The lowest BCUT2D eigenvalue weighted by atomic mass is 9.47. The molecule has 5 aliphatic rings. The fourth-order valence-corrected chi connectivity index (χ4v) is 7.07. The average Bonchev–Trinajstić information content (AvgIpc) is 2.73. The van der Waals surface area contributed by atoms with Gasteiger partial charge in [-0.25, -0.2) is 0 Å². The number of rotatable bonds is 0. The number of aliphatic hydroxyl groups excluding tert-OH is 2. The number of aliphatic hydroxyl groups is 2. The Morgan fingerprint density at radius 2 is 1.78 bits per heavy atom. The van der Waals surface area contributed by atoms with Crippen LogP contribution in [0.3, 0.4) is 0 Å². The molecule has 0 aromatic carbocycles. The Morgan fingerprint density at radius 3 is 2.28 bits per heavy atom. The summed E-state index contributed by atoms with van der Waals surface area (Å²) in [5.41, 5.74) is -1.43. The summed E-state index contributed by atoms with van der Waals surface area (Å²) in [6.07, 6.45) is 0.399. The summed E-state index contributed by atoms with van der Waals surface area (Å²) in [4.78, 5) is 12.4. The molecular weight excluding hydrogens is 228 g/mol. The second-order valence-electron chi connectivity index (χ2n) is 8.05. The number of ketones is 1. The summed E-state index contributed by atoms with van der Waals surface area (Å²) in [5.74, 6) is 0.827. The summed E-state index contributed by atoms with van der Waals surface area (Å²) >= 11 is 0. The van der Waals surface area contributed by atoms with Crippen molar-refractivity contribution in [2.24, 2.45) is 33.5 Å². The van der Waals surface area contributed by atoms with Crippen LogP contribution in [0.25, 0.3) is 0 Å². The van der Waals surface area contributed by atoms with Crippen molar-refractivity contribution >= 4 is 5.78 Å². The van der Waals surface area contributed by atoms with Crippen molar-refractivity contribution in [3.63, 3.8) is 0 Å². The zero-order valence-corrected chi connectivity index (χ0v) is 11.5. The van der Waals surface area contributed by atoms with Crippen molar-refractivity contribution in [2.45, 2.75) is 52.7 Å². The van der Waals surface area contributed by atoms with Gasteiger partial charge in [-0.1, -0.05) is 27.7 Å². The summed E-state index contributed by atoms with van der Waals surface area (Å²) in [7, 11) is 0. The smallest absolute Gasteiger partial charge is 0.139 e. The molecule has 2 N–H and O–H groups in total. The van der Waals surface area contributed by atoms with Crippen LogP contribution in [-0.2, 0) is 4.79 Å². The van der Waals surface area contributed by atoms with Crippen molar-refractivity contribution in [2.75, 3.05) is 0 Å².